The van der Waals surface area contributed by atoms with Gasteiger partial charge in [-0.3, -0.25) is 0 Å². The smallest absolute Gasteiger partial charge is 0.440 e. The monoisotopic (exact) mass is 278 g/mol. The van der Waals surface area contributed by atoms with Gasteiger partial charge in [0.15, 0.2) is 0 Å². The number of halogens is 2. The zero-order valence-corrected chi connectivity index (χ0v) is 11.1. The fraction of sp³-hybridized carbons (Fsp3) is 0. The summed E-state index contributed by atoms with van der Waals surface area (Å²) < 4.78 is 24.3. The molecule has 90 valence electrons. The van der Waals surface area contributed by atoms with E-state index in [2.05, 4.69) is 0 Å². The molecule has 0 aliphatic carbocycles. The molecule has 0 radical (unpaired) electrons. The Balaban J connectivity index is 2.11. The summed E-state index contributed by atoms with van der Waals surface area (Å²) in [6, 6.07) is 11.7. The van der Waals surface area contributed by atoms with E-state index in [1.807, 2.05) is 12.1 Å². The van der Waals surface area contributed by atoms with Crippen molar-refractivity contribution < 1.29 is 12.9 Å². The predicted octanol–water partition coefficient (Wildman–Crippen LogP) is 2.90. The van der Waals surface area contributed by atoms with Crippen LogP contribution in [0.2, 0.25) is 5.02 Å². The Kier molecular flexibility index (Phi) is 2.89. The molecule has 0 N–H and O–H groups in total. The minimum atomic E-state index is -0.615. The minimum absolute atomic E-state index is 0.315. The molecule has 0 fully saturated rings. The normalized spacial score (nSPS) is 13.1. The quantitative estimate of drug-likeness (QED) is 0.580. The molecule has 3 rings (SSSR count). The Morgan fingerprint density at radius 1 is 1.11 bits per heavy atom. The highest BCUT2D eigenvalue weighted by Crippen LogP contribution is 2.26. The molecular weight excluding hydrogens is 271 g/mol. The molecule has 2 nitrogen and oxygen atoms in total. The largest absolute Gasteiger partial charge is 0.618 e. The van der Waals surface area contributed by atoms with Crippen molar-refractivity contribution in [3.05, 3.63) is 64.4 Å². The number of benzene rings is 2. The summed E-state index contributed by atoms with van der Waals surface area (Å²) in [5, 5.41) is 0.651. The summed E-state index contributed by atoms with van der Waals surface area (Å²) in [7, 11) is -0.615. The van der Waals surface area contributed by atoms with Crippen LogP contribution >= 0.6 is 11.6 Å². The van der Waals surface area contributed by atoms with Gasteiger partial charge in [0.25, 0.3) is 0 Å². The maximum atomic E-state index is 13.3. The van der Waals surface area contributed by atoms with Gasteiger partial charge in [0.2, 0.25) is 0 Å². The van der Waals surface area contributed by atoms with E-state index in [4.69, 9.17) is 20.1 Å². The molecule has 0 saturated carbocycles. The molecule has 18 heavy (non-hydrogen) atoms. The van der Waals surface area contributed by atoms with Crippen molar-refractivity contribution in [2.45, 2.75) is 0 Å². The molecule has 2 aromatic carbocycles. The number of carbonyl (C=O) groups excluding carboxylic acids is 1. The van der Waals surface area contributed by atoms with Crippen molar-refractivity contribution in [3.8, 4) is 5.75 Å². The molecule has 0 amide bonds. The van der Waals surface area contributed by atoms with E-state index in [9.17, 15) is 4.39 Å². The molecule has 5 heteroatoms. The van der Waals surface area contributed by atoms with Gasteiger partial charge in [0, 0.05) is 5.02 Å². The second-order valence-electron chi connectivity index (χ2n) is 3.81. The van der Waals surface area contributed by atoms with Gasteiger partial charge < -0.3 is 8.54 Å². The average molecular weight is 279 g/mol. The van der Waals surface area contributed by atoms with E-state index in [0.717, 1.165) is 5.56 Å². The zero-order chi connectivity index (χ0) is 12.5. The zero-order valence-electron chi connectivity index (χ0n) is 9.19. The molecular formula is C13H8ClFO2Si. The van der Waals surface area contributed by atoms with Crippen molar-refractivity contribution >= 4 is 27.4 Å². The maximum Gasteiger partial charge on any atom is 0.440 e. The molecule has 1 heterocycles. The second kappa shape index (κ2) is 4.55. The fourth-order valence-corrected chi connectivity index (χ4v) is 2.64. The summed E-state index contributed by atoms with van der Waals surface area (Å²) in [4.78, 5) is 0. The van der Waals surface area contributed by atoms with Crippen LogP contribution in [0, 0.1) is 5.82 Å². The highest BCUT2D eigenvalue weighted by molar-refractivity contribution is 6.31. The van der Waals surface area contributed by atoms with Gasteiger partial charge in [-0.25, -0.2) is 4.39 Å². The van der Waals surface area contributed by atoms with Crippen molar-refractivity contribution in [2.24, 2.45) is 0 Å². The van der Waals surface area contributed by atoms with Gasteiger partial charge in [0.05, 0.1) is 11.3 Å². The third kappa shape index (κ3) is 2.05. The van der Waals surface area contributed by atoms with Gasteiger partial charge in [-0.05, 0) is 42.5 Å². The fourth-order valence-electron chi connectivity index (χ4n) is 1.79. The van der Waals surface area contributed by atoms with Gasteiger partial charge >= 0.3 is 15.8 Å². The molecule has 0 atom stereocenters. The first kappa shape index (κ1) is 11.4. The van der Waals surface area contributed by atoms with Gasteiger partial charge in [0.1, 0.15) is 11.4 Å². The van der Waals surface area contributed by atoms with E-state index in [0.29, 0.717) is 22.1 Å². The number of hydrogen-bond donors (Lipinski definition) is 0. The molecule has 0 bridgehead atoms. The summed E-state index contributed by atoms with van der Waals surface area (Å²) in [6.07, 6.45) is 0. The van der Waals surface area contributed by atoms with Crippen LogP contribution in [0.1, 0.15) is 15.2 Å². The van der Waals surface area contributed by atoms with E-state index in [1.165, 1.54) is 12.1 Å². The minimum Gasteiger partial charge on any atom is -0.618 e. The van der Waals surface area contributed by atoms with Crippen LogP contribution < -0.4 is 4.43 Å². The van der Waals surface area contributed by atoms with Crippen LogP contribution in [-0.2, 0) is 0 Å². The topological polar surface area (TPSA) is 20.5 Å². The van der Waals surface area contributed by atoms with E-state index >= 15 is 0 Å². The van der Waals surface area contributed by atoms with Crippen molar-refractivity contribution in [3.63, 3.8) is 0 Å². The van der Waals surface area contributed by atoms with Crippen LogP contribution in [0.5, 0.6) is 5.75 Å². The van der Waals surface area contributed by atoms with E-state index < -0.39 is 10.0 Å². The lowest BCUT2D eigenvalue weighted by Gasteiger charge is -2.16. The predicted molar refractivity (Wildman–Crippen MR) is 69.1 cm³/mol. The molecule has 0 aromatic heterocycles. The maximum absolute atomic E-state index is 13.3. The lowest BCUT2D eigenvalue weighted by atomic mass is 10.0. The standard InChI is InChI=1S/C13H8ClFO2Si/c14-9-3-1-8(2-4-9)13-11-7-10(15)5-6-12(11)16-18-17-13/h1-7,18H. The van der Waals surface area contributed by atoms with Crippen LogP contribution in [0.4, 0.5) is 4.39 Å². The molecule has 0 unspecified atom stereocenters. The molecule has 2 aromatic rings. The molecule has 1 aliphatic rings. The lowest BCUT2D eigenvalue weighted by molar-refractivity contribution is -0.100. The molecule has 0 spiro atoms. The number of hydrogen-bond acceptors (Lipinski definition) is 1. The SMILES string of the molecule is Fc1ccc2c(c1)C(c1ccc(Cl)cc1)=[O+][SiH-]O2. The summed E-state index contributed by atoms with van der Waals surface area (Å²) in [5.41, 5.74) is 1.50. The van der Waals surface area contributed by atoms with Crippen LogP contribution in [0.25, 0.3) is 0 Å². The third-order valence-electron chi connectivity index (χ3n) is 2.63. The third-order valence-corrected chi connectivity index (χ3v) is 3.57. The Hall–Kier alpha value is -1.65. The van der Waals surface area contributed by atoms with Crippen molar-refractivity contribution in [2.75, 3.05) is 0 Å². The van der Waals surface area contributed by atoms with Crippen molar-refractivity contribution in [1.82, 2.24) is 0 Å². The lowest BCUT2D eigenvalue weighted by Crippen LogP contribution is -2.17. The van der Waals surface area contributed by atoms with Crippen LogP contribution in [0.15, 0.2) is 42.5 Å². The second-order valence-corrected chi connectivity index (χ2v) is 4.91. The highest BCUT2D eigenvalue weighted by Gasteiger charge is 2.23. The average Bonchev–Trinajstić information content (AvgIpc) is 2.39. The van der Waals surface area contributed by atoms with E-state index in [-0.39, 0.29) is 5.82 Å². The Morgan fingerprint density at radius 2 is 1.89 bits per heavy atom. The van der Waals surface area contributed by atoms with Gasteiger partial charge in [-0.15, -0.1) is 0 Å². The first-order chi connectivity index (χ1) is 8.74. The first-order valence-electron chi connectivity index (χ1n) is 5.32. The van der Waals surface area contributed by atoms with Gasteiger partial charge in [-0.2, -0.15) is 0 Å². The summed E-state index contributed by atoms with van der Waals surface area (Å²) >= 11 is 5.85. The van der Waals surface area contributed by atoms with Crippen LogP contribution in [-0.4, -0.2) is 15.8 Å². The van der Waals surface area contributed by atoms with Gasteiger partial charge in [-0.1, -0.05) is 11.6 Å². The number of rotatable bonds is 1. The summed E-state index contributed by atoms with van der Waals surface area (Å²) in [6.45, 7) is 0. The molecule has 1 aliphatic heterocycles. The highest BCUT2D eigenvalue weighted by atomic mass is 35.5. The number of fused-ring (bicyclic) bond motifs is 1. The Bertz CT molecular complexity index is 625. The summed E-state index contributed by atoms with van der Waals surface area (Å²) in [5.74, 6) is 0.981. The van der Waals surface area contributed by atoms with E-state index in [1.54, 1.807) is 18.2 Å². The molecule has 0 saturated heterocycles. The first-order valence-corrected chi connectivity index (χ1v) is 6.64. The van der Waals surface area contributed by atoms with Crippen LogP contribution in [0.3, 0.4) is 0 Å². The van der Waals surface area contributed by atoms with Crippen molar-refractivity contribution in [1.29, 1.82) is 0 Å². The Morgan fingerprint density at radius 3 is 2.67 bits per heavy atom. The Labute approximate surface area is 111 Å². The number of ketones is 1.